The number of nitrogens with one attached hydrogen (secondary N) is 1. The van der Waals surface area contributed by atoms with Gasteiger partial charge in [-0.05, 0) is 29.7 Å². The van der Waals surface area contributed by atoms with E-state index >= 15 is 0 Å². The summed E-state index contributed by atoms with van der Waals surface area (Å²) in [6.07, 6.45) is 6.69. The SMILES string of the molecule is COCCn1cc2c(n1)[C@@H](CNCc1ccncc1)OCC2. The molecule has 6 nitrogen and oxygen atoms in total. The minimum Gasteiger partial charge on any atom is -0.383 e. The number of ether oxygens (including phenoxy) is 2. The molecule has 3 heterocycles. The first-order valence-corrected chi connectivity index (χ1v) is 7.63. The first-order chi connectivity index (χ1) is 10.9. The number of nitrogens with zero attached hydrogens (tertiary/aromatic N) is 3. The average Bonchev–Trinajstić information content (AvgIpc) is 2.98. The van der Waals surface area contributed by atoms with E-state index in [9.17, 15) is 0 Å². The zero-order valence-corrected chi connectivity index (χ0v) is 12.9. The molecule has 0 unspecified atom stereocenters. The fraction of sp³-hybridized carbons (Fsp3) is 0.500. The number of hydrogen-bond donors (Lipinski definition) is 1. The van der Waals surface area contributed by atoms with Crippen molar-refractivity contribution in [3.05, 3.63) is 47.5 Å². The standard InChI is InChI=1S/C16H22N4O2/c1-21-9-7-20-12-14-4-8-22-15(16(14)19-20)11-18-10-13-2-5-17-6-3-13/h2-3,5-6,12,15,18H,4,7-11H2,1H3/t15-/m1/s1. The van der Waals surface area contributed by atoms with Crippen molar-refractivity contribution in [1.29, 1.82) is 0 Å². The van der Waals surface area contributed by atoms with Gasteiger partial charge < -0.3 is 14.8 Å². The highest BCUT2D eigenvalue weighted by molar-refractivity contribution is 5.22. The van der Waals surface area contributed by atoms with Crippen molar-refractivity contribution in [2.24, 2.45) is 0 Å². The Morgan fingerprint density at radius 3 is 3.09 bits per heavy atom. The molecule has 0 bridgehead atoms. The van der Waals surface area contributed by atoms with E-state index in [1.54, 1.807) is 7.11 Å². The number of rotatable bonds is 7. The normalized spacial score (nSPS) is 17.4. The molecule has 3 rings (SSSR count). The quantitative estimate of drug-likeness (QED) is 0.836. The van der Waals surface area contributed by atoms with E-state index in [4.69, 9.17) is 9.47 Å². The van der Waals surface area contributed by atoms with Gasteiger partial charge in [0.1, 0.15) is 6.10 Å². The Hall–Kier alpha value is -1.76. The Kier molecular flexibility index (Phi) is 5.15. The van der Waals surface area contributed by atoms with Crippen molar-refractivity contribution in [1.82, 2.24) is 20.1 Å². The monoisotopic (exact) mass is 302 g/mol. The Balaban J connectivity index is 1.58. The van der Waals surface area contributed by atoms with Crippen molar-refractivity contribution >= 4 is 0 Å². The van der Waals surface area contributed by atoms with Gasteiger partial charge in [0.05, 0.1) is 25.5 Å². The number of hydrogen-bond acceptors (Lipinski definition) is 5. The van der Waals surface area contributed by atoms with E-state index in [0.717, 1.165) is 38.4 Å². The smallest absolute Gasteiger partial charge is 0.114 e. The number of fused-ring (bicyclic) bond motifs is 1. The third-order valence-electron chi connectivity index (χ3n) is 3.80. The predicted molar refractivity (Wildman–Crippen MR) is 82.4 cm³/mol. The van der Waals surface area contributed by atoms with Crippen LogP contribution >= 0.6 is 0 Å². The third kappa shape index (κ3) is 3.71. The van der Waals surface area contributed by atoms with Crippen LogP contribution in [0.4, 0.5) is 0 Å². The summed E-state index contributed by atoms with van der Waals surface area (Å²) in [7, 11) is 1.71. The van der Waals surface area contributed by atoms with E-state index in [2.05, 4.69) is 21.6 Å². The van der Waals surface area contributed by atoms with Crippen LogP contribution in [-0.2, 0) is 29.0 Å². The Bertz CT molecular complexity index is 585. The fourth-order valence-corrected chi connectivity index (χ4v) is 2.63. The average molecular weight is 302 g/mol. The molecular weight excluding hydrogens is 280 g/mol. The minimum absolute atomic E-state index is 0.0226. The zero-order valence-electron chi connectivity index (χ0n) is 12.9. The maximum absolute atomic E-state index is 5.88. The molecule has 1 aliphatic heterocycles. The summed E-state index contributed by atoms with van der Waals surface area (Å²) in [5.41, 5.74) is 3.57. The molecule has 1 aliphatic rings. The summed E-state index contributed by atoms with van der Waals surface area (Å²) in [4.78, 5) is 4.02. The second-order valence-electron chi connectivity index (χ2n) is 5.39. The largest absolute Gasteiger partial charge is 0.383 e. The van der Waals surface area contributed by atoms with Gasteiger partial charge in [-0.25, -0.2) is 0 Å². The summed E-state index contributed by atoms with van der Waals surface area (Å²) in [5.74, 6) is 0. The Labute approximate surface area is 130 Å². The maximum Gasteiger partial charge on any atom is 0.114 e. The summed E-state index contributed by atoms with van der Waals surface area (Å²) in [6.45, 7) is 3.77. The second kappa shape index (κ2) is 7.49. The summed E-state index contributed by atoms with van der Waals surface area (Å²) < 4.78 is 12.9. The van der Waals surface area contributed by atoms with Crippen molar-refractivity contribution in [2.75, 3.05) is 26.9 Å². The van der Waals surface area contributed by atoms with Crippen LogP contribution in [0.15, 0.2) is 30.7 Å². The lowest BCUT2D eigenvalue weighted by Gasteiger charge is -2.22. The molecule has 2 aromatic rings. The second-order valence-corrected chi connectivity index (χ2v) is 5.39. The molecule has 22 heavy (non-hydrogen) atoms. The lowest BCUT2D eigenvalue weighted by Crippen LogP contribution is -2.27. The zero-order chi connectivity index (χ0) is 15.2. The molecule has 1 atom stereocenters. The predicted octanol–water partition coefficient (Wildman–Crippen LogP) is 1.33. The molecule has 0 aliphatic carbocycles. The third-order valence-corrected chi connectivity index (χ3v) is 3.80. The number of methoxy groups -OCH3 is 1. The van der Waals surface area contributed by atoms with Crippen molar-refractivity contribution in [2.45, 2.75) is 25.6 Å². The van der Waals surface area contributed by atoms with Crippen LogP contribution in [0.5, 0.6) is 0 Å². The Morgan fingerprint density at radius 1 is 1.41 bits per heavy atom. The lowest BCUT2D eigenvalue weighted by molar-refractivity contribution is 0.0392. The molecule has 0 amide bonds. The van der Waals surface area contributed by atoms with Gasteiger partial charge in [0, 0.05) is 38.8 Å². The van der Waals surface area contributed by atoms with Crippen molar-refractivity contribution in [3.63, 3.8) is 0 Å². The highest BCUT2D eigenvalue weighted by Gasteiger charge is 2.24. The minimum atomic E-state index is 0.0226. The molecule has 0 aromatic carbocycles. The molecule has 118 valence electrons. The number of aromatic nitrogens is 3. The van der Waals surface area contributed by atoms with Gasteiger partial charge in [-0.3, -0.25) is 9.67 Å². The molecule has 0 fully saturated rings. The Morgan fingerprint density at radius 2 is 2.27 bits per heavy atom. The molecule has 6 heteroatoms. The van der Waals surface area contributed by atoms with Gasteiger partial charge in [0.25, 0.3) is 0 Å². The van der Waals surface area contributed by atoms with Gasteiger partial charge in [-0.2, -0.15) is 5.10 Å². The van der Waals surface area contributed by atoms with Gasteiger partial charge in [-0.1, -0.05) is 0 Å². The highest BCUT2D eigenvalue weighted by Crippen LogP contribution is 2.25. The van der Waals surface area contributed by atoms with Crippen LogP contribution in [0.3, 0.4) is 0 Å². The van der Waals surface area contributed by atoms with Crippen molar-refractivity contribution < 1.29 is 9.47 Å². The summed E-state index contributed by atoms with van der Waals surface area (Å²) >= 11 is 0. The van der Waals surface area contributed by atoms with Crippen LogP contribution < -0.4 is 5.32 Å². The van der Waals surface area contributed by atoms with Crippen molar-refractivity contribution in [3.8, 4) is 0 Å². The van der Waals surface area contributed by atoms with Crippen LogP contribution in [0.2, 0.25) is 0 Å². The topological polar surface area (TPSA) is 61.2 Å². The van der Waals surface area contributed by atoms with Crippen LogP contribution in [0.25, 0.3) is 0 Å². The van der Waals surface area contributed by atoms with Gasteiger partial charge in [0.15, 0.2) is 0 Å². The molecule has 1 N–H and O–H groups in total. The molecule has 0 saturated carbocycles. The van der Waals surface area contributed by atoms with Crippen LogP contribution in [-0.4, -0.2) is 41.6 Å². The van der Waals surface area contributed by atoms with E-state index in [-0.39, 0.29) is 6.10 Å². The molecule has 2 aromatic heterocycles. The summed E-state index contributed by atoms with van der Waals surface area (Å²) in [5, 5.41) is 8.10. The molecule has 0 spiro atoms. The fourth-order valence-electron chi connectivity index (χ4n) is 2.63. The lowest BCUT2D eigenvalue weighted by atomic mass is 10.1. The molecule has 0 saturated heterocycles. The van der Waals surface area contributed by atoms with E-state index in [1.165, 1.54) is 11.1 Å². The first kappa shape index (κ1) is 15.1. The molecular formula is C16H22N4O2. The van der Waals surface area contributed by atoms with E-state index in [0.29, 0.717) is 6.61 Å². The number of pyridine rings is 1. The van der Waals surface area contributed by atoms with E-state index < -0.39 is 0 Å². The summed E-state index contributed by atoms with van der Waals surface area (Å²) in [6, 6.07) is 4.03. The van der Waals surface area contributed by atoms with Crippen LogP contribution in [0, 0.1) is 0 Å². The van der Waals surface area contributed by atoms with Gasteiger partial charge in [-0.15, -0.1) is 0 Å². The molecule has 0 radical (unpaired) electrons. The highest BCUT2D eigenvalue weighted by atomic mass is 16.5. The van der Waals surface area contributed by atoms with Gasteiger partial charge in [0.2, 0.25) is 0 Å². The van der Waals surface area contributed by atoms with Gasteiger partial charge >= 0.3 is 0 Å². The van der Waals surface area contributed by atoms with E-state index in [1.807, 2.05) is 29.2 Å². The first-order valence-electron chi connectivity index (χ1n) is 7.63. The maximum atomic E-state index is 5.88. The van der Waals surface area contributed by atoms with Crippen LogP contribution in [0.1, 0.15) is 22.9 Å².